The van der Waals surface area contributed by atoms with Gasteiger partial charge in [0.1, 0.15) is 11.6 Å². The van der Waals surface area contributed by atoms with Crippen molar-refractivity contribution in [2.24, 2.45) is 5.92 Å². The second-order valence-corrected chi connectivity index (χ2v) is 11.9. The fraction of sp³-hybridized carbons (Fsp3) is 0.559. The highest BCUT2D eigenvalue weighted by Gasteiger charge is 2.25. The number of aliphatic hydroxyl groups is 1. The third-order valence-corrected chi connectivity index (χ3v) is 8.02. The third kappa shape index (κ3) is 11.3. The predicted molar refractivity (Wildman–Crippen MR) is 167 cm³/mol. The van der Waals surface area contributed by atoms with E-state index in [1.807, 2.05) is 13.8 Å². The van der Waals surface area contributed by atoms with Crippen LogP contribution in [-0.2, 0) is 11.2 Å². The lowest BCUT2D eigenvalue weighted by Gasteiger charge is -2.25. The molecule has 4 N–H and O–H groups in total. The van der Waals surface area contributed by atoms with Gasteiger partial charge in [0.2, 0.25) is 5.91 Å². The highest BCUT2D eigenvalue weighted by atomic mass is 19.1. The summed E-state index contributed by atoms with van der Waals surface area (Å²) in [7, 11) is 0. The molecular formula is C34H48F2N4O4. The Morgan fingerprint density at radius 1 is 0.977 bits per heavy atom. The summed E-state index contributed by atoms with van der Waals surface area (Å²) in [6.07, 6.45) is 3.92. The van der Waals surface area contributed by atoms with Crippen LogP contribution in [0.4, 0.5) is 8.78 Å². The summed E-state index contributed by atoms with van der Waals surface area (Å²) < 4.78 is 27.9. The number of nitrogens with zero attached hydrogens (tertiary/aromatic N) is 1. The summed E-state index contributed by atoms with van der Waals surface area (Å²) in [6, 6.07) is 7.12. The van der Waals surface area contributed by atoms with Crippen LogP contribution in [0.1, 0.15) is 90.6 Å². The number of rotatable bonds is 16. The average Bonchev–Trinajstić information content (AvgIpc) is 2.99. The zero-order chi connectivity index (χ0) is 32.1. The van der Waals surface area contributed by atoms with Crippen LogP contribution in [0.15, 0.2) is 36.4 Å². The number of nitrogens with one attached hydrogen (secondary N) is 3. The first-order valence-corrected chi connectivity index (χ1v) is 15.9. The standard InChI is InChI=1S/C34H48F2N4O4/c1-4-14-40(15-5-2)34(44)27-17-23(3)16-26(21-27)33(43)39-30(20-25-18-28(35)22-29(36)19-25)31(41)10-13-38-32(42)7-6-24-8-11-37-12-9-24/h16-19,21-22,24,30-31,37,41H,4-15,20H2,1-3H3,(H,38,42)(H,39,43)/t30-,31+/m0/s1. The van der Waals surface area contributed by atoms with Crippen molar-refractivity contribution in [1.82, 2.24) is 20.9 Å². The van der Waals surface area contributed by atoms with E-state index in [-0.39, 0.29) is 42.3 Å². The Morgan fingerprint density at radius 3 is 2.25 bits per heavy atom. The minimum Gasteiger partial charge on any atom is -0.391 e. The molecule has 1 saturated heterocycles. The Labute approximate surface area is 260 Å². The number of piperidine rings is 1. The summed E-state index contributed by atoms with van der Waals surface area (Å²) in [5, 5.41) is 20.1. The second kappa shape index (κ2) is 17.8. The van der Waals surface area contributed by atoms with Crippen LogP contribution in [-0.4, -0.2) is 72.6 Å². The van der Waals surface area contributed by atoms with Crippen LogP contribution in [0.2, 0.25) is 0 Å². The van der Waals surface area contributed by atoms with Gasteiger partial charge < -0.3 is 26.0 Å². The second-order valence-electron chi connectivity index (χ2n) is 11.9. The molecule has 1 heterocycles. The van der Waals surface area contributed by atoms with Crippen molar-refractivity contribution < 1.29 is 28.3 Å². The molecule has 1 fully saturated rings. The van der Waals surface area contributed by atoms with E-state index in [4.69, 9.17) is 0 Å². The Balaban J connectivity index is 1.70. The molecule has 2 aromatic carbocycles. The van der Waals surface area contributed by atoms with E-state index in [2.05, 4.69) is 16.0 Å². The van der Waals surface area contributed by atoms with Gasteiger partial charge in [0.25, 0.3) is 11.8 Å². The number of hydrogen-bond acceptors (Lipinski definition) is 5. The predicted octanol–water partition coefficient (Wildman–Crippen LogP) is 4.52. The molecule has 2 aromatic rings. The molecule has 8 nitrogen and oxygen atoms in total. The number of aliphatic hydroxyl groups excluding tert-OH is 1. The number of benzene rings is 2. The number of amides is 3. The van der Waals surface area contributed by atoms with Gasteiger partial charge in [0, 0.05) is 43.2 Å². The van der Waals surface area contributed by atoms with Gasteiger partial charge >= 0.3 is 0 Å². The lowest BCUT2D eigenvalue weighted by molar-refractivity contribution is -0.121. The molecular weight excluding hydrogens is 566 g/mol. The maximum Gasteiger partial charge on any atom is 0.253 e. The number of aryl methyl sites for hydroxylation is 1. The molecule has 0 spiro atoms. The van der Waals surface area contributed by atoms with Gasteiger partial charge in [-0.15, -0.1) is 0 Å². The topological polar surface area (TPSA) is 111 Å². The maximum absolute atomic E-state index is 14.0. The van der Waals surface area contributed by atoms with Gasteiger partial charge in [-0.2, -0.15) is 0 Å². The van der Waals surface area contributed by atoms with Crippen LogP contribution < -0.4 is 16.0 Å². The highest BCUT2D eigenvalue weighted by Crippen LogP contribution is 2.18. The lowest BCUT2D eigenvalue weighted by Crippen LogP contribution is -2.46. The van der Waals surface area contributed by atoms with Gasteiger partial charge in [-0.05, 0) is 112 Å². The molecule has 1 aliphatic heterocycles. The van der Waals surface area contributed by atoms with E-state index < -0.39 is 29.7 Å². The van der Waals surface area contributed by atoms with Crippen LogP contribution >= 0.6 is 0 Å². The van der Waals surface area contributed by atoms with Crippen LogP contribution in [0.25, 0.3) is 0 Å². The molecule has 0 aromatic heterocycles. The molecule has 44 heavy (non-hydrogen) atoms. The summed E-state index contributed by atoms with van der Waals surface area (Å²) >= 11 is 0. The van der Waals surface area contributed by atoms with Crippen molar-refractivity contribution in [2.75, 3.05) is 32.7 Å². The van der Waals surface area contributed by atoms with E-state index in [1.165, 1.54) is 6.07 Å². The molecule has 3 rings (SSSR count). The zero-order valence-corrected chi connectivity index (χ0v) is 26.3. The largest absolute Gasteiger partial charge is 0.391 e. The molecule has 0 aliphatic carbocycles. The van der Waals surface area contributed by atoms with E-state index in [1.54, 1.807) is 24.0 Å². The first-order valence-electron chi connectivity index (χ1n) is 15.9. The Morgan fingerprint density at radius 2 is 1.61 bits per heavy atom. The van der Waals surface area contributed by atoms with Crippen molar-refractivity contribution in [3.05, 3.63) is 70.3 Å². The minimum absolute atomic E-state index is 0.0381. The van der Waals surface area contributed by atoms with Crippen molar-refractivity contribution in [3.8, 4) is 0 Å². The van der Waals surface area contributed by atoms with Gasteiger partial charge in [-0.1, -0.05) is 13.8 Å². The molecule has 10 heteroatoms. The monoisotopic (exact) mass is 614 g/mol. The summed E-state index contributed by atoms with van der Waals surface area (Å²) in [6.45, 7) is 9.14. The minimum atomic E-state index is -1.12. The van der Waals surface area contributed by atoms with Crippen molar-refractivity contribution in [2.45, 2.75) is 84.3 Å². The fourth-order valence-electron chi connectivity index (χ4n) is 5.75. The van der Waals surface area contributed by atoms with Crippen LogP contribution in [0, 0.1) is 24.5 Å². The van der Waals surface area contributed by atoms with E-state index >= 15 is 0 Å². The molecule has 1 aliphatic rings. The third-order valence-electron chi connectivity index (χ3n) is 8.02. The lowest BCUT2D eigenvalue weighted by atomic mass is 9.93. The Kier molecular flexibility index (Phi) is 14.2. The Bertz CT molecular complexity index is 1230. The summed E-state index contributed by atoms with van der Waals surface area (Å²) in [4.78, 5) is 40.9. The van der Waals surface area contributed by atoms with E-state index in [0.29, 0.717) is 31.0 Å². The molecule has 0 radical (unpaired) electrons. The Hall–Kier alpha value is -3.37. The van der Waals surface area contributed by atoms with Crippen molar-refractivity contribution in [3.63, 3.8) is 0 Å². The number of halogens is 2. The number of carbonyl (C=O) groups excluding carboxylic acids is 3. The van der Waals surface area contributed by atoms with Gasteiger partial charge in [0.05, 0.1) is 12.1 Å². The average molecular weight is 615 g/mol. The van der Waals surface area contributed by atoms with Crippen molar-refractivity contribution >= 4 is 17.7 Å². The van der Waals surface area contributed by atoms with Crippen molar-refractivity contribution in [1.29, 1.82) is 0 Å². The molecule has 0 saturated carbocycles. The molecule has 0 bridgehead atoms. The van der Waals surface area contributed by atoms with Gasteiger partial charge in [-0.3, -0.25) is 14.4 Å². The summed E-state index contributed by atoms with van der Waals surface area (Å²) in [5.41, 5.74) is 1.64. The van der Waals surface area contributed by atoms with E-state index in [0.717, 1.165) is 69.0 Å². The first kappa shape index (κ1) is 35.1. The van der Waals surface area contributed by atoms with Crippen LogP contribution in [0.3, 0.4) is 0 Å². The van der Waals surface area contributed by atoms with Gasteiger partial charge in [-0.25, -0.2) is 8.78 Å². The SMILES string of the molecule is CCCN(CCC)C(=O)c1cc(C)cc(C(=O)N[C@@H](Cc2cc(F)cc(F)c2)[C@H](O)CCNC(=O)CCC2CCNCC2)c1. The molecule has 0 unspecified atom stereocenters. The van der Waals surface area contributed by atoms with Gasteiger partial charge in [0.15, 0.2) is 0 Å². The molecule has 242 valence electrons. The smallest absolute Gasteiger partial charge is 0.253 e. The highest BCUT2D eigenvalue weighted by molar-refractivity contribution is 6.00. The summed E-state index contributed by atoms with van der Waals surface area (Å²) in [5.74, 6) is -1.77. The van der Waals surface area contributed by atoms with E-state index in [9.17, 15) is 28.3 Å². The molecule has 2 atom stereocenters. The first-order chi connectivity index (χ1) is 21.1. The maximum atomic E-state index is 14.0. The fourth-order valence-corrected chi connectivity index (χ4v) is 5.75. The number of hydrogen-bond donors (Lipinski definition) is 4. The normalized spacial score (nSPS) is 15.0. The number of carbonyl (C=O) groups is 3. The van der Waals surface area contributed by atoms with Crippen LogP contribution in [0.5, 0.6) is 0 Å². The zero-order valence-electron chi connectivity index (χ0n) is 26.3. The quantitative estimate of drug-likeness (QED) is 0.222. The molecule has 3 amide bonds.